The van der Waals surface area contributed by atoms with Gasteiger partial charge in [-0.3, -0.25) is 14.7 Å². The lowest BCUT2D eigenvalue weighted by Gasteiger charge is -2.17. The molecule has 0 saturated carbocycles. The van der Waals surface area contributed by atoms with Crippen LogP contribution in [0.3, 0.4) is 0 Å². The summed E-state index contributed by atoms with van der Waals surface area (Å²) in [6.45, 7) is 3.75. The van der Waals surface area contributed by atoms with Gasteiger partial charge in [-0.05, 0) is 61.4 Å². The van der Waals surface area contributed by atoms with Crippen molar-refractivity contribution in [2.24, 2.45) is 0 Å². The summed E-state index contributed by atoms with van der Waals surface area (Å²) in [4.78, 5) is 11.3. The van der Waals surface area contributed by atoms with Gasteiger partial charge < -0.3 is 9.47 Å². The van der Waals surface area contributed by atoms with E-state index in [-0.39, 0.29) is 18.1 Å². The van der Waals surface area contributed by atoms with Crippen LogP contribution < -0.4 is 9.47 Å². The van der Waals surface area contributed by atoms with E-state index in [2.05, 4.69) is 10.2 Å². The van der Waals surface area contributed by atoms with Crippen molar-refractivity contribution in [2.45, 2.75) is 30.9 Å². The molecule has 0 aliphatic carbocycles. The van der Waals surface area contributed by atoms with Crippen LogP contribution in [0.5, 0.6) is 11.5 Å². The minimum absolute atomic E-state index is 0.206. The number of halogens is 2. The van der Waals surface area contributed by atoms with Crippen molar-refractivity contribution in [1.82, 2.24) is 14.8 Å². The Labute approximate surface area is 228 Å². The SMILES string of the molecule is COc1cc([C@H](C[N+](=O)[O-])Sc2nnc(C)n2-c2cccc(C)c2)ccc1OCc1ccc(Cl)cc1Cl. The fourth-order valence-electron chi connectivity index (χ4n) is 3.75. The summed E-state index contributed by atoms with van der Waals surface area (Å²) in [5, 5.41) is 21.2. The summed E-state index contributed by atoms with van der Waals surface area (Å²) < 4.78 is 13.4. The zero-order chi connectivity index (χ0) is 26.5. The molecule has 192 valence electrons. The number of aryl methyl sites for hydroxylation is 2. The summed E-state index contributed by atoms with van der Waals surface area (Å²) in [6, 6.07) is 18.4. The van der Waals surface area contributed by atoms with Crippen LogP contribution in [-0.4, -0.2) is 33.3 Å². The number of nitro groups is 1. The van der Waals surface area contributed by atoms with Crippen LogP contribution in [-0.2, 0) is 6.61 Å². The van der Waals surface area contributed by atoms with E-state index in [4.69, 9.17) is 32.7 Å². The van der Waals surface area contributed by atoms with E-state index in [9.17, 15) is 10.1 Å². The molecule has 0 amide bonds. The molecule has 1 heterocycles. The topological polar surface area (TPSA) is 92.3 Å². The molecule has 4 aromatic rings. The quantitative estimate of drug-likeness (QED) is 0.119. The number of ether oxygens (including phenoxy) is 2. The number of nitrogens with zero attached hydrogens (tertiary/aromatic N) is 4. The maximum atomic E-state index is 11.6. The molecule has 0 saturated heterocycles. The van der Waals surface area contributed by atoms with Gasteiger partial charge in [0.25, 0.3) is 0 Å². The first-order chi connectivity index (χ1) is 17.7. The highest BCUT2D eigenvalue weighted by atomic mass is 35.5. The molecule has 0 bridgehead atoms. The molecule has 0 radical (unpaired) electrons. The standard InChI is InChI=1S/C26H24Cl2N4O4S/c1-16-5-4-6-21(11-16)32-17(2)29-30-26(32)37-25(14-31(33)34)18-8-10-23(24(12-18)35-3)36-15-19-7-9-20(27)13-22(19)28/h4-13,25H,14-15H2,1-3H3/t25-/m0/s1. The second-order valence-corrected chi connectivity index (χ2v) is 10.3. The van der Waals surface area contributed by atoms with Crippen molar-refractivity contribution in [2.75, 3.05) is 13.7 Å². The Hall–Kier alpha value is -3.27. The van der Waals surface area contributed by atoms with Crippen LogP contribution in [0.2, 0.25) is 10.0 Å². The molecule has 0 unspecified atom stereocenters. The molecule has 0 aliphatic rings. The van der Waals surface area contributed by atoms with Crippen LogP contribution in [0.4, 0.5) is 0 Å². The highest BCUT2D eigenvalue weighted by Gasteiger charge is 2.25. The minimum Gasteiger partial charge on any atom is -0.493 e. The van der Waals surface area contributed by atoms with E-state index >= 15 is 0 Å². The van der Waals surface area contributed by atoms with E-state index in [1.165, 1.54) is 18.9 Å². The average molecular weight is 559 g/mol. The van der Waals surface area contributed by atoms with E-state index < -0.39 is 5.25 Å². The zero-order valence-corrected chi connectivity index (χ0v) is 22.7. The summed E-state index contributed by atoms with van der Waals surface area (Å²) >= 11 is 13.5. The third kappa shape index (κ3) is 6.54. The van der Waals surface area contributed by atoms with Crippen molar-refractivity contribution in [1.29, 1.82) is 0 Å². The van der Waals surface area contributed by atoms with Crippen LogP contribution >= 0.6 is 35.0 Å². The van der Waals surface area contributed by atoms with E-state index in [1.807, 2.05) is 42.7 Å². The van der Waals surface area contributed by atoms with Crippen molar-refractivity contribution >= 4 is 35.0 Å². The van der Waals surface area contributed by atoms with Crippen LogP contribution in [0.25, 0.3) is 5.69 Å². The first-order valence-electron chi connectivity index (χ1n) is 11.3. The maximum Gasteiger partial charge on any atom is 0.220 e. The lowest BCUT2D eigenvalue weighted by Crippen LogP contribution is -2.11. The smallest absolute Gasteiger partial charge is 0.220 e. The van der Waals surface area contributed by atoms with Gasteiger partial charge in [0.05, 0.1) is 7.11 Å². The number of thioether (sulfide) groups is 1. The Balaban J connectivity index is 1.61. The Morgan fingerprint density at radius 2 is 1.86 bits per heavy atom. The fraction of sp³-hybridized carbons (Fsp3) is 0.231. The van der Waals surface area contributed by atoms with Gasteiger partial charge in [-0.2, -0.15) is 0 Å². The molecular formula is C26H24Cl2N4O4S. The summed E-state index contributed by atoms with van der Waals surface area (Å²) in [5.74, 6) is 1.63. The fourth-order valence-corrected chi connectivity index (χ4v) is 5.38. The van der Waals surface area contributed by atoms with Crippen LogP contribution in [0, 0.1) is 24.0 Å². The van der Waals surface area contributed by atoms with Gasteiger partial charge in [-0.15, -0.1) is 10.2 Å². The van der Waals surface area contributed by atoms with Crippen molar-refractivity contribution < 1.29 is 14.4 Å². The van der Waals surface area contributed by atoms with Gasteiger partial charge in [0.1, 0.15) is 17.7 Å². The number of aromatic nitrogens is 3. The monoisotopic (exact) mass is 558 g/mol. The number of hydrogen-bond acceptors (Lipinski definition) is 7. The normalized spacial score (nSPS) is 11.8. The molecule has 11 heteroatoms. The molecule has 0 N–H and O–H groups in total. The third-order valence-corrected chi connectivity index (χ3v) is 7.34. The second kappa shape index (κ2) is 11.9. The molecule has 37 heavy (non-hydrogen) atoms. The molecule has 0 aliphatic heterocycles. The van der Waals surface area contributed by atoms with Crippen LogP contribution in [0.1, 0.15) is 27.8 Å². The lowest BCUT2D eigenvalue weighted by atomic mass is 10.1. The first kappa shape index (κ1) is 26.8. The lowest BCUT2D eigenvalue weighted by molar-refractivity contribution is -0.479. The first-order valence-corrected chi connectivity index (χ1v) is 12.9. The highest BCUT2D eigenvalue weighted by molar-refractivity contribution is 7.99. The molecule has 8 nitrogen and oxygen atoms in total. The Morgan fingerprint density at radius 3 is 2.57 bits per heavy atom. The highest BCUT2D eigenvalue weighted by Crippen LogP contribution is 2.40. The Morgan fingerprint density at radius 1 is 1.05 bits per heavy atom. The molecule has 0 fully saturated rings. The van der Waals surface area contributed by atoms with Gasteiger partial charge in [0.15, 0.2) is 16.7 Å². The molecular weight excluding hydrogens is 535 g/mol. The minimum atomic E-state index is -0.546. The molecule has 3 aromatic carbocycles. The largest absolute Gasteiger partial charge is 0.493 e. The number of methoxy groups -OCH3 is 1. The van der Waals surface area contributed by atoms with Gasteiger partial charge >= 0.3 is 0 Å². The predicted molar refractivity (Wildman–Crippen MR) is 145 cm³/mol. The molecule has 1 aromatic heterocycles. The second-order valence-electron chi connectivity index (χ2n) is 8.26. The number of benzene rings is 3. The van der Waals surface area contributed by atoms with E-state index in [1.54, 1.807) is 36.4 Å². The molecule has 4 rings (SSSR count). The maximum absolute atomic E-state index is 11.6. The van der Waals surface area contributed by atoms with E-state index in [0.717, 1.165) is 16.8 Å². The van der Waals surface area contributed by atoms with Crippen LogP contribution in [0.15, 0.2) is 65.8 Å². The summed E-state index contributed by atoms with van der Waals surface area (Å²) in [5.41, 5.74) is 3.45. The number of rotatable bonds is 10. The summed E-state index contributed by atoms with van der Waals surface area (Å²) in [7, 11) is 1.52. The predicted octanol–water partition coefficient (Wildman–Crippen LogP) is 6.89. The number of hydrogen-bond donors (Lipinski definition) is 0. The molecule has 0 spiro atoms. The van der Waals surface area contributed by atoms with Gasteiger partial charge in [0, 0.05) is 26.2 Å². The van der Waals surface area contributed by atoms with Gasteiger partial charge in [-0.1, -0.05) is 59.2 Å². The summed E-state index contributed by atoms with van der Waals surface area (Å²) in [6.07, 6.45) is 0. The average Bonchev–Trinajstić information content (AvgIpc) is 3.22. The molecule has 1 atom stereocenters. The zero-order valence-electron chi connectivity index (χ0n) is 20.4. The van der Waals surface area contributed by atoms with Crippen molar-refractivity contribution in [3.63, 3.8) is 0 Å². The van der Waals surface area contributed by atoms with Gasteiger partial charge in [-0.25, -0.2) is 0 Å². The Kier molecular flexibility index (Phi) is 8.58. The third-order valence-electron chi connectivity index (χ3n) is 5.58. The van der Waals surface area contributed by atoms with Gasteiger partial charge in [0.2, 0.25) is 6.54 Å². The van der Waals surface area contributed by atoms with Crippen molar-refractivity contribution in [3.05, 3.63) is 103 Å². The van der Waals surface area contributed by atoms with E-state index in [0.29, 0.717) is 38.1 Å². The Bertz CT molecular complexity index is 1430. The van der Waals surface area contributed by atoms with Crippen molar-refractivity contribution in [3.8, 4) is 17.2 Å².